The van der Waals surface area contributed by atoms with E-state index in [1.54, 1.807) is 4.90 Å². The Hall–Kier alpha value is -1.06. The van der Waals surface area contributed by atoms with Crippen LogP contribution < -0.4 is 5.32 Å². The van der Waals surface area contributed by atoms with Crippen LogP contribution in [0.3, 0.4) is 0 Å². The molecule has 2 saturated heterocycles. The van der Waals surface area contributed by atoms with E-state index in [9.17, 15) is 9.59 Å². The molecule has 0 aromatic carbocycles. The Bertz CT molecular complexity index is 214. The van der Waals surface area contributed by atoms with Gasteiger partial charge >= 0.3 is 11.8 Å². The van der Waals surface area contributed by atoms with Crippen LogP contribution in [0.5, 0.6) is 0 Å². The van der Waals surface area contributed by atoms with E-state index < -0.39 is 5.91 Å². The third-order valence-electron chi connectivity index (χ3n) is 2.26. The molecule has 2 amide bonds. The van der Waals surface area contributed by atoms with Crippen LogP contribution in [0.1, 0.15) is 19.3 Å². The minimum absolute atomic E-state index is 0.00347. The number of nitrogens with one attached hydrogen (secondary N) is 1. The van der Waals surface area contributed by atoms with Crippen molar-refractivity contribution >= 4 is 11.8 Å². The van der Waals surface area contributed by atoms with Crippen molar-refractivity contribution in [2.45, 2.75) is 25.4 Å². The summed E-state index contributed by atoms with van der Waals surface area (Å²) in [5.41, 5.74) is 0. The van der Waals surface area contributed by atoms with Gasteiger partial charge in [-0.25, -0.2) is 0 Å². The Morgan fingerprint density at radius 1 is 1.36 bits per heavy atom. The largest absolute Gasteiger partial charge is 0.328 e. The smallest absolute Gasteiger partial charge is 0.313 e. The van der Waals surface area contributed by atoms with Crippen molar-refractivity contribution in [3.8, 4) is 0 Å². The molecule has 1 unspecified atom stereocenters. The Balaban J connectivity index is 2.18. The highest BCUT2D eigenvalue weighted by molar-refractivity contribution is 6.36. The number of nitrogens with zero attached hydrogens (tertiary/aromatic N) is 1. The molecule has 0 spiro atoms. The fourth-order valence-electron chi connectivity index (χ4n) is 1.67. The predicted molar refractivity (Wildman–Crippen MR) is 37.5 cm³/mol. The van der Waals surface area contributed by atoms with Crippen molar-refractivity contribution < 1.29 is 9.59 Å². The maximum absolute atomic E-state index is 11.1. The molecular weight excluding hydrogens is 144 g/mol. The van der Waals surface area contributed by atoms with Gasteiger partial charge in [0.25, 0.3) is 0 Å². The van der Waals surface area contributed by atoms with Crippen molar-refractivity contribution in [3.63, 3.8) is 0 Å². The average molecular weight is 154 g/mol. The van der Waals surface area contributed by atoms with Crippen LogP contribution in [-0.4, -0.2) is 29.4 Å². The Kier molecular flexibility index (Phi) is 1.34. The summed E-state index contributed by atoms with van der Waals surface area (Å²) >= 11 is 0. The van der Waals surface area contributed by atoms with Gasteiger partial charge in [-0.1, -0.05) is 0 Å². The summed E-state index contributed by atoms with van der Waals surface area (Å²) in [5.74, 6) is -0.786. The van der Waals surface area contributed by atoms with E-state index in [0.29, 0.717) is 0 Å². The number of rotatable bonds is 0. The summed E-state index contributed by atoms with van der Waals surface area (Å²) < 4.78 is 0. The number of carbonyl (C=O) groups is 2. The zero-order chi connectivity index (χ0) is 7.84. The molecule has 0 radical (unpaired) electrons. The molecule has 0 aromatic rings. The number of hydrogen-bond acceptors (Lipinski definition) is 2. The van der Waals surface area contributed by atoms with E-state index in [2.05, 4.69) is 5.32 Å². The lowest BCUT2D eigenvalue weighted by Crippen LogP contribution is -2.40. The van der Waals surface area contributed by atoms with Crippen LogP contribution in [0, 0.1) is 0 Å². The predicted octanol–water partition coefficient (Wildman–Crippen LogP) is -0.545. The van der Waals surface area contributed by atoms with Gasteiger partial charge in [-0.2, -0.15) is 0 Å². The third kappa shape index (κ3) is 0.895. The molecule has 2 aliphatic heterocycles. The summed E-state index contributed by atoms with van der Waals surface area (Å²) in [7, 11) is 0. The standard InChI is InChI=1S/C7H10N2O2/c10-6-7(11)9-4-2-1-3-5(9)8-6/h5H,1-4H2,(H,8,10). The third-order valence-corrected chi connectivity index (χ3v) is 2.26. The zero-order valence-electron chi connectivity index (χ0n) is 6.17. The lowest BCUT2D eigenvalue weighted by Gasteiger charge is -2.27. The van der Waals surface area contributed by atoms with Crippen molar-refractivity contribution in [3.05, 3.63) is 0 Å². The maximum atomic E-state index is 11.1. The molecule has 4 heteroatoms. The van der Waals surface area contributed by atoms with E-state index in [4.69, 9.17) is 0 Å². The number of fused-ring (bicyclic) bond motifs is 1. The molecule has 0 aromatic heterocycles. The molecule has 0 aliphatic carbocycles. The molecule has 60 valence electrons. The van der Waals surface area contributed by atoms with E-state index in [1.165, 1.54) is 0 Å². The first-order valence-electron chi connectivity index (χ1n) is 3.90. The Morgan fingerprint density at radius 3 is 2.91 bits per heavy atom. The topological polar surface area (TPSA) is 49.4 Å². The molecule has 2 rings (SSSR count). The second-order valence-corrected chi connectivity index (χ2v) is 2.98. The zero-order valence-corrected chi connectivity index (χ0v) is 6.17. The van der Waals surface area contributed by atoms with Crippen LogP contribution in [0.15, 0.2) is 0 Å². The first-order valence-corrected chi connectivity index (χ1v) is 3.90. The quantitative estimate of drug-likeness (QED) is 0.476. The summed E-state index contributed by atoms with van der Waals surface area (Å²) in [6.45, 7) is 0.738. The molecule has 2 heterocycles. The molecule has 4 nitrogen and oxygen atoms in total. The SMILES string of the molecule is O=C1NC2CCCCN2C1=O. The molecule has 2 aliphatic rings. The summed E-state index contributed by atoms with van der Waals surface area (Å²) in [6.07, 6.45) is 3.05. The van der Waals surface area contributed by atoms with Gasteiger partial charge in [0.05, 0.1) is 0 Å². The van der Waals surface area contributed by atoms with Gasteiger partial charge in [0, 0.05) is 6.54 Å². The minimum atomic E-state index is -0.433. The first kappa shape index (κ1) is 6.64. The van der Waals surface area contributed by atoms with Crippen LogP contribution in [0.2, 0.25) is 0 Å². The highest BCUT2D eigenvalue weighted by Gasteiger charge is 2.38. The van der Waals surface area contributed by atoms with Gasteiger partial charge in [0.1, 0.15) is 6.17 Å². The number of amides is 2. The molecule has 0 saturated carbocycles. The molecular formula is C7H10N2O2. The summed E-state index contributed by atoms with van der Waals surface area (Å²) in [6, 6.07) is 0. The van der Waals surface area contributed by atoms with Gasteiger partial charge in [0.15, 0.2) is 0 Å². The molecule has 1 N–H and O–H groups in total. The highest BCUT2D eigenvalue weighted by Crippen LogP contribution is 2.18. The second-order valence-electron chi connectivity index (χ2n) is 2.98. The fraction of sp³-hybridized carbons (Fsp3) is 0.714. The fourth-order valence-corrected chi connectivity index (χ4v) is 1.67. The summed E-state index contributed by atoms with van der Waals surface area (Å²) in [5, 5.41) is 2.64. The van der Waals surface area contributed by atoms with E-state index in [1.807, 2.05) is 0 Å². The number of piperidine rings is 1. The van der Waals surface area contributed by atoms with Gasteiger partial charge in [-0.15, -0.1) is 0 Å². The van der Waals surface area contributed by atoms with Crippen LogP contribution in [0.25, 0.3) is 0 Å². The van der Waals surface area contributed by atoms with Gasteiger partial charge < -0.3 is 10.2 Å². The van der Waals surface area contributed by atoms with E-state index >= 15 is 0 Å². The van der Waals surface area contributed by atoms with E-state index in [0.717, 1.165) is 25.8 Å². The van der Waals surface area contributed by atoms with Crippen LogP contribution >= 0.6 is 0 Å². The van der Waals surface area contributed by atoms with Crippen LogP contribution in [-0.2, 0) is 9.59 Å². The van der Waals surface area contributed by atoms with Crippen molar-refractivity contribution in [1.82, 2.24) is 10.2 Å². The van der Waals surface area contributed by atoms with Gasteiger partial charge in [0.2, 0.25) is 0 Å². The minimum Gasteiger partial charge on any atom is -0.328 e. The molecule has 11 heavy (non-hydrogen) atoms. The molecule has 1 atom stereocenters. The van der Waals surface area contributed by atoms with Gasteiger partial charge in [-0.3, -0.25) is 9.59 Å². The monoisotopic (exact) mass is 154 g/mol. The second kappa shape index (κ2) is 2.22. The lowest BCUT2D eigenvalue weighted by atomic mass is 10.1. The van der Waals surface area contributed by atoms with Crippen molar-refractivity contribution in [2.75, 3.05) is 6.54 Å². The molecule has 2 fully saturated rings. The van der Waals surface area contributed by atoms with Crippen LogP contribution in [0.4, 0.5) is 0 Å². The van der Waals surface area contributed by atoms with Gasteiger partial charge in [-0.05, 0) is 19.3 Å². The maximum Gasteiger partial charge on any atom is 0.313 e. The highest BCUT2D eigenvalue weighted by atomic mass is 16.2. The number of carbonyl (C=O) groups excluding carboxylic acids is 2. The average Bonchev–Trinajstić information content (AvgIpc) is 2.30. The Labute approximate surface area is 64.5 Å². The van der Waals surface area contributed by atoms with E-state index in [-0.39, 0.29) is 12.1 Å². The van der Waals surface area contributed by atoms with Crippen molar-refractivity contribution in [1.29, 1.82) is 0 Å². The normalized spacial score (nSPS) is 30.2. The Morgan fingerprint density at radius 2 is 2.18 bits per heavy atom. The lowest BCUT2D eigenvalue weighted by molar-refractivity contribution is -0.141. The summed E-state index contributed by atoms with van der Waals surface area (Å²) in [4.78, 5) is 23.5. The number of hydrogen-bond donors (Lipinski definition) is 1. The first-order chi connectivity index (χ1) is 5.29. The molecule has 0 bridgehead atoms. The van der Waals surface area contributed by atoms with Crippen molar-refractivity contribution in [2.24, 2.45) is 0 Å².